The molecule has 0 amide bonds. The van der Waals surface area contributed by atoms with Crippen LogP contribution in [0.15, 0.2) is 22.7 Å². The molecule has 1 aromatic carbocycles. The Labute approximate surface area is 115 Å². The van der Waals surface area contributed by atoms with Crippen molar-refractivity contribution in [1.29, 1.82) is 0 Å². The van der Waals surface area contributed by atoms with E-state index < -0.39 is 0 Å². The fraction of sp³-hybridized carbons (Fsp3) is 0.538. The number of nitro benzene ring substituents is 1. The molecule has 1 N–H and O–H groups in total. The summed E-state index contributed by atoms with van der Waals surface area (Å²) in [5, 5.41) is 14.2. The first-order valence-electron chi connectivity index (χ1n) is 6.22. The molecule has 1 atom stereocenters. The van der Waals surface area contributed by atoms with Gasteiger partial charge in [0, 0.05) is 29.2 Å². The van der Waals surface area contributed by atoms with Crippen LogP contribution in [-0.2, 0) is 6.54 Å². The SMILES string of the molecule is CC(CC1CC1)NCc1cc(Br)cc([N+](=O)[O-])c1. The monoisotopic (exact) mass is 312 g/mol. The zero-order chi connectivity index (χ0) is 13.1. The lowest BCUT2D eigenvalue weighted by Gasteiger charge is -2.13. The van der Waals surface area contributed by atoms with Crippen molar-refractivity contribution in [2.24, 2.45) is 5.92 Å². The third kappa shape index (κ3) is 4.07. The van der Waals surface area contributed by atoms with E-state index >= 15 is 0 Å². The van der Waals surface area contributed by atoms with Crippen LogP contribution in [0, 0.1) is 16.0 Å². The van der Waals surface area contributed by atoms with Gasteiger partial charge in [-0.2, -0.15) is 0 Å². The smallest absolute Gasteiger partial charge is 0.270 e. The molecule has 4 nitrogen and oxygen atoms in total. The number of hydrogen-bond acceptors (Lipinski definition) is 3. The molecule has 0 saturated heterocycles. The van der Waals surface area contributed by atoms with Crippen molar-refractivity contribution >= 4 is 21.6 Å². The fourth-order valence-corrected chi connectivity index (χ4v) is 2.60. The van der Waals surface area contributed by atoms with E-state index in [0.29, 0.717) is 12.6 Å². The van der Waals surface area contributed by atoms with Gasteiger partial charge in [-0.05, 0) is 30.9 Å². The molecule has 0 aromatic heterocycles. The van der Waals surface area contributed by atoms with Crippen LogP contribution in [-0.4, -0.2) is 11.0 Å². The number of halogens is 1. The molecule has 0 radical (unpaired) electrons. The highest BCUT2D eigenvalue weighted by Gasteiger charge is 2.23. The van der Waals surface area contributed by atoms with Crippen LogP contribution in [0.4, 0.5) is 5.69 Å². The summed E-state index contributed by atoms with van der Waals surface area (Å²) in [6.45, 7) is 2.85. The summed E-state index contributed by atoms with van der Waals surface area (Å²) in [4.78, 5) is 10.4. The number of nitrogens with one attached hydrogen (secondary N) is 1. The molecule has 1 unspecified atom stereocenters. The first-order chi connectivity index (χ1) is 8.54. The van der Waals surface area contributed by atoms with Crippen LogP contribution >= 0.6 is 15.9 Å². The maximum atomic E-state index is 10.8. The van der Waals surface area contributed by atoms with Gasteiger partial charge in [-0.1, -0.05) is 28.8 Å². The summed E-state index contributed by atoms with van der Waals surface area (Å²) in [6.07, 6.45) is 3.92. The maximum absolute atomic E-state index is 10.8. The third-order valence-corrected chi connectivity index (χ3v) is 3.65. The van der Waals surface area contributed by atoms with Crippen LogP contribution in [0.5, 0.6) is 0 Å². The van der Waals surface area contributed by atoms with E-state index in [1.807, 2.05) is 6.07 Å². The van der Waals surface area contributed by atoms with Gasteiger partial charge >= 0.3 is 0 Å². The zero-order valence-electron chi connectivity index (χ0n) is 10.4. The first-order valence-corrected chi connectivity index (χ1v) is 7.01. The van der Waals surface area contributed by atoms with Crippen LogP contribution in [0.3, 0.4) is 0 Å². The van der Waals surface area contributed by atoms with E-state index in [0.717, 1.165) is 16.0 Å². The van der Waals surface area contributed by atoms with Crippen LogP contribution in [0.25, 0.3) is 0 Å². The molecule has 1 aliphatic carbocycles. The van der Waals surface area contributed by atoms with Crippen molar-refractivity contribution in [1.82, 2.24) is 5.32 Å². The molecule has 5 heteroatoms. The number of nitro groups is 1. The van der Waals surface area contributed by atoms with Gasteiger partial charge in [-0.15, -0.1) is 0 Å². The van der Waals surface area contributed by atoms with Crippen molar-refractivity contribution in [2.75, 3.05) is 0 Å². The normalized spacial score (nSPS) is 16.6. The van der Waals surface area contributed by atoms with Gasteiger partial charge in [0.25, 0.3) is 5.69 Å². The molecule has 1 saturated carbocycles. The molecule has 0 spiro atoms. The molecule has 2 rings (SSSR count). The van der Waals surface area contributed by atoms with Crippen molar-refractivity contribution in [3.05, 3.63) is 38.3 Å². The average Bonchev–Trinajstić information content (AvgIpc) is 3.09. The van der Waals surface area contributed by atoms with Crippen molar-refractivity contribution in [2.45, 2.75) is 38.8 Å². The zero-order valence-corrected chi connectivity index (χ0v) is 11.9. The number of rotatable bonds is 6. The Kier molecular flexibility index (Phi) is 4.35. The van der Waals surface area contributed by atoms with E-state index in [2.05, 4.69) is 28.2 Å². The minimum absolute atomic E-state index is 0.135. The predicted octanol–water partition coefficient (Wildman–Crippen LogP) is 3.64. The van der Waals surface area contributed by atoms with Crippen molar-refractivity contribution in [3.63, 3.8) is 0 Å². The topological polar surface area (TPSA) is 55.2 Å². The minimum atomic E-state index is -0.359. The lowest BCUT2D eigenvalue weighted by Crippen LogP contribution is -2.25. The highest BCUT2D eigenvalue weighted by Crippen LogP contribution is 2.33. The average molecular weight is 313 g/mol. The van der Waals surface area contributed by atoms with Crippen LogP contribution in [0.2, 0.25) is 0 Å². The van der Waals surface area contributed by atoms with Gasteiger partial charge in [0.15, 0.2) is 0 Å². The second-order valence-corrected chi connectivity index (χ2v) is 5.95. The second kappa shape index (κ2) is 5.80. The molecule has 0 bridgehead atoms. The molecule has 18 heavy (non-hydrogen) atoms. The van der Waals surface area contributed by atoms with Crippen molar-refractivity contribution in [3.8, 4) is 0 Å². The van der Waals surface area contributed by atoms with Crippen LogP contribution in [0.1, 0.15) is 31.7 Å². The van der Waals surface area contributed by atoms with E-state index in [4.69, 9.17) is 0 Å². The van der Waals surface area contributed by atoms with Gasteiger partial charge in [0.1, 0.15) is 0 Å². The molecule has 1 aliphatic rings. The van der Waals surface area contributed by atoms with Gasteiger partial charge in [0.05, 0.1) is 4.92 Å². The Hall–Kier alpha value is -0.940. The fourth-order valence-electron chi connectivity index (χ4n) is 2.07. The molecule has 1 aromatic rings. The van der Waals surface area contributed by atoms with E-state index in [1.165, 1.54) is 25.3 Å². The Morgan fingerprint density at radius 1 is 1.50 bits per heavy atom. The highest BCUT2D eigenvalue weighted by molar-refractivity contribution is 9.10. The molecular weight excluding hydrogens is 296 g/mol. The van der Waals surface area contributed by atoms with Crippen molar-refractivity contribution < 1.29 is 4.92 Å². The quantitative estimate of drug-likeness (QED) is 0.644. The van der Waals surface area contributed by atoms with E-state index in [-0.39, 0.29) is 10.6 Å². The number of hydrogen-bond donors (Lipinski definition) is 1. The summed E-state index contributed by atoms with van der Waals surface area (Å²) in [5.74, 6) is 0.893. The van der Waals surface area contributed by atoms with Crippen LogP contribution < -0.4 is 5.32 Å². The Morgan fingerprint density at radius 3 is 2.83 bits per heavy atom. The number of benzene rings is 1. The number of non-ortho nitro benzene ring substituents is 1. The summed E-state index contributed by atoms with van der Waals surface area (Å²) >= 11 is 3.31. The standard InChI is InChI=1S/C13H17BrN2O2/c1-9(4-10-2-3-10)15-8-11-5-12(14)7-13(6-11)16(17)18/h5-7,9-10,15H,2-4,8H2,1H3. The molecule has 1 fully saturated rings. The largest absolute Gasteiger partial charge is 0.310 e. The Bertz CT molecular complexity index is 447. The molecule has 0 aliphatic heterocycles. The van der Waals surface area contributed by atoms with Gasteiger partial charge < -0.3 is 5.32 Å². The second-order valence-electron chi connectivity index (χ2n) is 5.04. The minimum Gasteiger partial charge on any atom is -0.310 e. The summed E-state index contributed by atoms with van der Waals surface area (Å²) in [7, 11) is 0. The number of nitrogens with zero attached hydrogens (tertiary/aromatic N) is 1. The van der Waals surface area contributed by atoms with Gasteiger partial charge in [0.2, 0.25) is 0 Å². The first kappa shape index (κ1) is 13.5. The highest BCUT2D eigenvalue weighted by atomic mass is 79.9. The molecule has 0 heterocycles. The Morgan fingerprint density at radius 2 is 2.22 bits per heavy atom. The summed E-state index contributed by atoms with van der Waals surface area (Å²) < 4.78 is 0.753. The third-order valence-electron chi connectivity index (χ3n) is 3.19. The summed E-state index contributed by atoms with van der Waals surface area (Å²) in [6, 6.07) is 5.54. The molecule has 98 valence electrons. The maximum Gasteiger partial charge on any atom is 0.270 e. The Balaban J connectivity index is 1.93. The predicted molar refractivity (Wildman–Crippen MR) is 74.4 cm³/mol. The summed E-state index contributed by atoms with van der Waals surface area (Å²) in [5.41, 5.74) is 1.08. The van der Waals surface area contributed by atoms with Gasteiger partial charge in [-0.25, -0.2) is 0 Å². The van der Waals surface area contributed by atoms with E-state index in [9.17, 15) is 10.1 Å². The lowest BCUT2D eigenvalue weighted by molar-refractivity contribution is -0.385. The lowest BCUT2D eigenvalue weighted by atomic mass is 10.1. The molecular formula is C13H17BrN2O2. The van der Waals surface area contributed by atoms with E-state index in [1.54, 1.807) is 6.07 Å². The van der Waals surface area contributed by atoms with Gasteiger partial charge in [-0.3, -0.25) is 10.1 Å².